The van der Waals surface area contributed by atoms with Gasteiger partial charge >= 0.3 is 0 Å². The van der Waals surface area contributed by atoms with Gasteiger partial charge in [0.1, 0.15) is 6.04 Å². The molecule has 1 saturated carbocycles. The van der Waals surface area contributed by atoms with E-state index in [2.05, 4.69) is 5.32 Å². The smallest absolute Gasteiger partial charge is 0.255 e. The molecule has 3 atom stereocenters. The normalized spacial score (nSPS) is 27.7. The first kappa shape index (κ1) is 17.2. The molecule has 1 aromatic carbocycles. The van der Waals surface area contributed by atoms with Gasteiger partial charge in [-0.25, -0.2) is 0 Å². The summed E-state index contributed by atoms with van der Waals surface area (Å²) in [6.45, 7) is 6.43. The van der Waals surface area contributed by atoms with Crippen LogP contribution in [0.25, 0.3) is 0 Å². The van der Waals surface area contributed by atoms with Crippen LogP contribution in [-0.4, -0.2) is 40.3 Å². The number of carbonyl (C=O) groups is 3. The molecule has 1 aromatic rings. The summed E-state index contributed by atoms with van der Waals surface area (Å²) in [4.78, 5) is 38.5. The lowest BCUT2D eigenvalue weighted by atomic mass is 9.93. The van der Waals surface area contributed by atoms with Crippen molar-refractivity contribution in [3.63, 3.8) is 0 Å². The Morgan fingerprint density at radius 3 is 2.69 bits per heavy atom. The van der Waals surface area contributed by atoms with Gasteiger partial charge in [-0.3, -0.25) is 19.7 Å². The Kier molecular flexibility index (Phi) is 3.91. The second-order valence-electron chi connectivity index (χ2n) is 8.41. The van der Waals surface area contributed by atoms with E-state index in [4.69, 9.17) is 4.74 Å². The standard InChI is InChI=1S/C20H24N2O4/c1-20(2,3)26-10-11-4-5-12-13-9-16(13)22(19(25)14(12)8-11)15-6-7-17(23)21-18(15)24/h4-5,8,13,15-16H,6-7,9-10H2,1-3H3,(H,21,23,24). The lowest BCUT2D eigenvalue weighted by Crippen LogP contribution is -2.56. The third-order valence-electron chi connectivity index (χ3n) is 5.31. The minimum Gasteiger partial charge on any atom is -0.371 e. The van der Waals surface area contributed by atoms with Gasteiger partial charge in [-0.15, -0.1) is 0 Å². The van der Waals surface area contributed by atoms with Crippen molar-refractivity contribution in [3.8, 4) is 0 Å². The molecule has 0 spiro atoms. The fourth-order valence-corrected chi connectivity index (χ4v) is 3.93. The quantitative estimate of drug-likeness (QED) is 0.842. The van der Waals surface area contributed by atoms with Crippen molar-refractivity contribution in [1.82, 2.24) is 10.2 Å². The van der Waals surface area contributed by atoms with Gasteiger partial charge in [0.05, 0.1) is 12.2 Å². The van der Waals surface area contributed by atoms with E-state index >= 15 is 0 Å². The molecule has 1 N–H and O–H groups in total. The number of piperidine rings is 1. The van der Waals surface area contributed by atoms with Gasteiger partial charge in [0, 0.05) is 23.9 Å². The van der Waals surface area contributed by atoms with Gasteiger partial charge in [-0.1, -0.05) is 12.1 Å². The second kappa shape index (κ2) is 5.91. The maximum atomic E-state index is 13.2. The fraction of sp³-hybridized carbons (Fsp3) is 0.550. The number of hydrogen-bond donors (Lipinski definition) is 1. The van der Waals surface area contributed by atoms with Crippen LogP contribution in [0.4, 0.5) is 0 Å². The maximum absolute atomic E-state index is 13.2. The Hall–Kier alpha value is -2.21. The molecule has 0 bridgehead atoms. The number of nitrogens with zero attached hydrogens (tertiary/aromatic N) is 1. The summed E-state index contributed by atoms with van der Waals surface area (Å²) < 4.78 is 5.82. The predicted molar refractivity (Wildman–Crippen MR) is 94.5 cm³/mol. The van der Waals surface area contributed by atoms with Crippen LogP contribution in [0.5, 0.6) is 0 Å². The van der Waals surface area contributed by atoms with Crippen LogP contribution in [0, 0.1) is 0 Å². The van der Waals surface area contributed by atoms with E-state index in [9.17, 15) is 14.4 Å². The highest BCUT2D eigenvalue weighted by molar-refractivity contribution is 6.05. The van der Waals surface area contributed by atoms with E-state index in [0.717, 1.165) is 17.5 Å². The third-order valence-corrected chi connectivity index (χ3v) is 5.31. The third kappa shape index (κ3) is 3.03. The number of amides is 3. The molecule has 6 heteroatoms. The molecule has 4 rings (SSSR count). The molecule has 3 aliphatic rings. The zero-order valence-electron chi connectivity index (χ0n) is 15.4. The summed E-state index contributed by atoms with van der Waals surface area (Å²) in [5, 5.41) is 2.37. The lowest BCUT2D eigenvalue weighted by Gasteiger charge is -2.36. The molecule has 3 amide bonds. The Balaban J connectivity index is 1.60. The number of fused-ring (bicyclic) bond motifs is 3. The van der Waals surface area contributed by atoms with Gasteiger partial charge in [0.2, 0.25) is 11.8 Å². The van der Waals surface area contributed by atoms with Crippen molar-refractivity contribution in [2.45, 2.75) is 70.2 Å². The molecular formula is C20H24N2O4. The van der Waals surface area contributed by atoms with Crippen LogP contribution in [0.2, 0.25) is 0 Å². The predicted octanol–water partition coefficient (Wildman–Crippen LogP) is 2.12. The molecule has 26 heavy (non-hydrogen) atoms. The summed E-state index contributed by atoms with van der Waals surface area (Å²) in [7, 11) is 0. The zero-order valence-corrected chi connectivity index (χ0v) is 15.4. The maximum Gasteiger partial charge on any atom is 0.255 e. The van der Waals surface area contributed by atoms with Crippen LogP contribution < -0.4 is 5.32 Å². The van der Waals surface area contributed by atoms with E-state index in [1.165, 1.54) is 0 Å². The molecular weight excluding hydrogens is 332 g/mol. The van der Waals surface area contributed by atoms with E-state index < -0.39 is 6.04 Å². The number of nitrogens with one attached hydrogen (secondary N) is 1. The van der Waals surface area contributed by atoms with Crippen LogP contribution in [0.3, 0.4) is 0 Å². The topological polar surface area (TPSA) is 75.7 Å². The molecule has 2 fully saturated rings. The number of ether oxygens (including phenoxy) is 1. The van der Waals surface area contributed by atoms with Crippen molar-refractivity contribution >= 4 is 17.7 Å². The van der Waals surface area contributed by atoms with Crippen LogP contribution in [0.1, 0.15) is 67.4 Å². The minimum atomic E-state index is -0.544. The average Bonchev–Trinajstić information content (AvgIpc) is 3.34. The summed E-state index contributed by atoms with van der Waals surface area (Å²) in [5.41, 5.74) is 2.45. The zero-order chi connectivity index (χ0) is 18.6. The molecule has 2 heterocycles. The highest BCUT2D eigenvalue weighted by atomic mass is 16.5. The number of carbonyl (C=O) groups excluding carboxylic acids is 3. The van der Waals surface area contributed by atoms with E-state index in [1.807, 2.05) is 39.0 Å². The molecule has 1 aliphatic carbocycles. The molecule has 1 saturated heterocycles. The first-order valence-corrected chi connectivity index (χ1v) is 9.18. The fourth-order valence-electron chi connectivity index (χ4n) is 3.93. The van der Waals surface area contributed by atoms with Crippen molar-refractivity contribution in [3.05, 3.63) is 34.9 Å². The van der Waals surface area contributed by atoms with E-state index in [-0.39, 0.29) is 35.8 Å². The summed E-state index contributed by atoms with van der Waals surface area (Å²) in [5.74, 6) is -0.419. The van der Waals surface area contributed by atoms with Gasteiger partial charge in [-0.2, -0.15) is 0 Å². The minimum absolute atomic E-state index is 0.0793. The van der Waals surface area contributed by atoms with E-state index in [0.29, 0.717) is 24.5 Å². The summed E-state index contributed by atoms with van der Waals surface area (Å²) in [6, 6.07) is 5.49. The highest BCUT2D eigenvalue weighted by Gasteiger charge is 2.54. The van der Waals surface area contributed by atoms with Crippen molar-refractivity contribution in [2.75, 3.05) is 0 Å². The molecule has 138 valence electrons. The number of imide groups is 1. The molecule has 0 radical (unpaired) electrons. The highest BCUT2D eigenvalue weighted by Crippen LogP contribution is 2.51. The lowest BCUT2D eigenvalue weighted by molar-refractivity contribution is -0.137. The first-order valence-electron chi connectivity index (χ1n) is 9.18. The SMILES string of the molecule is CC(C)(C)OCc1ccc2c(c1)C(=O)N(C1CCC(=O)NC1=O)C1CC21. The monoisotopic (exact) mass is 356 g/mol. The summed E-state index contributed by atoms with van der Waals surface area (Å²) >= 11 is 0. The second-order valence-corrected chi connectivity index (χ2v) is 8.41. The summed E-state index contributed by atoms with van der Waals surface area (Å²) in [6.07, 6.45) is 1.57. The van der Waals surface area contributed by atoms with E-state index in [1.54, 1.807) is 4.90 Å². The van der Waals surface area contributed by atoms with Crippen molar-refractivity contribution in [1.29, 1.82) is 0 Å². The van der Waals surface area contributed by atoms with Gasteiger partial charge in [0.25, 0.3) is 5.91 Å². The largest absolute Gasteiger partial charge is 0.371 e. The van der Waals surface area contributed by atoms with Crippen molar-refractivity contribution < 1.29 is 19.1 Å². The Labute approximate surface area is 152 Å². The molecule has 6 nitrogen and oxygen atoms in total. The molecule has 3 unspecified atom stereocenters. The van der Waals surface area contributed by atoms with Crippen LogP contribution >= 0.6 is 0 Å². The molecule has 0 aromatic heterocycles. The Morgan fingerprint density at radius 1 is 1.23 bits per heavy atom. The first-order chi connectivity index (χ1) is 12.2. The molecule has 2 aliphatic heterocycles. The van der Waals surface area contributed by atoms with Gasteiger partial charge < -0.3 is 9.64 Å². The number of hydrogen-bond acceptors (Lipinski definition) is 4. The number of rotatable bonds is 3. The average molecular weight is 356 g/mol. The number of benzene rings is 1. The van der Waals surface area contributed by atoms with Crippen LogP contribution in [0.15, 0.2) is 18.2 Å². The van der Waals surface area contributed by atoms with Gasteiger partial charge in [-0.05, 0) is 50.8 Å². The Morgan fingerprint density at radius 2 is 2.00 bits per heavy atom. The van der Waals surface area contributed by atoms with Crippen LogP contribution in [-0.2, 0) is 20.9 Å². The van der Waals surface area contributed by atoms with Crippen molar-refractivity contribution in [2.24, 2.45) is 0 Å². The Bertz CT molecular complexity index is 795. The van der Waals surface area contributed by atoms with Gasteiger partial charge in [0.15, 0.2) is 0 Å².